The van der Waals surface area contributed by atoms with Gasteiger partial charge in [-0.05, 0) is 43.9 Å². The second-order valence-corrected chi connectivity index (χ2v) is 6.71. The molecule has 0 saturated heterocycles. The van der Waals surface area contributed by atoms with Crippen LogP contribution in [0.4, 0.5) is 0 Å². The molecule has 1 aliphatic rings. The van der Waals surface area contributed by atoms with Crippen molar-refractivity contribution in [1.29, 1.82) is 0 Å². The second-order valence-electron chi connectivity index (χ2n) is 5.18. The maximum atomic E-state index is 6.38. The quantitative estimate of drug-likeness (QED) is 0.887. The number of aromatic nitrogens is 1. The predicted molar refractivity (Wildman–Crippen MR) is 85.7 cm³/mol. The molecular formula is C16H19ClN2S. The van der Waals surface area contributed by atoms with E-state index >= 15 is 0 Å². The SMILES string of the molecule is CCCNC(c1nc2c(s1)CCC2)c1ccccc1Cl. The van der Waals surface area contributed by atoms with E-state index in [0.717, 1.165) is 35.0 Å². The fraction of sp³-hybridized carbons (Fsp3) is 0.438. The van der Waals surface area contributed by atoms with Crippen LogP contribution < -0.4 is 5.32 Å². The van der Waals surface area contributed by atoms with Gasteiger partial charge >= 0.3 is 0 Å². The van der Waals surface area contributed by atoms with E-state index in [0.29, 0.717) is 0 Å². The van der Waals surface area contributed by atoms with Gasteiger partial charge in [0.15, 0.2) is 0 Å². The highest BCUT2D eigenvalue weighted by Crippen LogP contribution is 2.35. The van der Waals surface area contributed by atoms with Gasteiger partial charge in [0.05, 0.1) is 11.7 Å². The highest BCUT2D eigenvalue weighted by molar-refractivity contribution is 7.11. The van der Waals surface area contributed by atoms with Crippen LogP contribution in [-0.2, 0) is 12.8 Å². The number of nitrogens with one attached hydrogen (secondary N) is 1. The number of nitrogens with zero attached hydrogens (tertiary/aromatic N) is 1. The lowest BCUT2D eigenvalue weighted by molar-refractivity contribution is 0.594. The lowest BCUT2D eigenvalue weighted by Gasteiger charge is -2.18. The summed E-state index contributed by atoms with van der Waals surface area (Å²) in [4.78, 5) is 6.33. The molecule has 1 aliphatic carbocycles. The second kappa shape index (κ2) is 6.25. The van der Waals surface area contributed by atoms with Crippen LogP contribution in [0.15, 0.2) is 24.3 Å². The molecule has 1 aromatic heterocycles. The first kappa shape index (κ1) is 14.1. The number of hydrogen-bond donors (Lipinski definition) is 1. The fourth-order valence-corrected chi connectivity index (χ4v) is 4.16. The molecular weight excluding hydrogens is 288 g/mol. The van der Waals surface area contributed by atoms with Gasteiger partial charge in [0, 0.05) is 9.90 Å². The first-order valence-corrected chi connectivity index (χ1v) is 8.45. The third kappa shape index (κ3) is 2.76. The first-order valence-electron chi connectivity index (χ1n) is 7.26. The third-order valence-electron chi connectivity index (χ3n) is 3.67. The van der Waals surface area contributed by atoms with Crippen LogP contribution in [0.2, 0.25) is 5.02 Å². The van der Waals surface area contributed by atoms with Gasteiger partial charge in [0.2, 0.25) is 0 Å². The van der Waals surface area contributed by atoms with Gasteiger partial charge in [0.1, 0.15) is 5.01 Å². The van der Waals surface area contributed by atoms with Gasteiger partial charge in [0.25, 0.3) is 0 Å². The normalized spacial score (nSPS) is 15.3. The summed E-state index contributed by atoms with van der Waals surface area (Å²) in [7, 11) is 0. The van der Waals surface area contributed by atoms with E-state index in [1.54, 1.807) is 0 Å². The Labute approximate surface area is 129 Å². The molecule has 1 unspecified atom stereocenters. The molecule has 1 heterocycles. The summed E-state index contributed by atoms with van der Waals surface area (Å²) in [5.41, 5.74) is 2.44. The first-order chi connectivity index (χ1) is 9.79. The zero-order valence-electron chi connectivity index (χ0n) is 11.7. The lowest BCUT2D eigenvalue weighted by Crippen LogP contribution is -2.23. The third-order valence-corrected chi connectivity index (χ3v) is 5.24. The number of benzene rings is 1. The van der Waals surface area contributed by atoms with E-state index in [4.69, 9.17) is 16.6 Å². The molecule has 1 atom stereocenters. The monoisotopic (exact) mass is 306 g/mol. The van der Waals surface area contributed by atoms with Crippen molar-refractivity contribution >= 4 is 22.9 Å². The van der Waals surface area contributed by atoms with Gasteiger partial charge in [-0.2, -0.15) is 0 Å². The summed E-state index contributed by atoms with van der Waals surface area (Å²) < 4.78 is 0. The van der Waals surface area contributed by atoms with E-state index < -0.39 is 0 Å². The van der Waals surface area contributed by atoms with Crippen LogP contribution in [0.25, 0.3) is 0 Å². The molecule has 2 nitrogen and oxygen atoms in total. The van der Waals surface area contributed by atoms with Crippen LogP contribution in [0.1, 0.15) is 46.9 Å². The molecule has 1 aromatic carbocycles. The Balaban J connectivity index is 1.95. The van der Waals surface area contributed by atoms with Crippen molar-refractivity contribution in [3.8, 4) is 0 Å². The Kier molecular flexibility index (Phi) is 4.39. The molecule has 20 heavy (non-hydrogen) atoms. The number of thiazole rings is 1. The van der Waals surface area contributed by atoms with Crippen molar-refractivity contribution in [2.24, 2.45) is 0 Å². The van der Waals surface area contributed by atoms with E-state index in [-0.39, 0.29) is 6.04 Å². The Bertz CT molecular complexity index is 572. The number of aryl methyl sites for hydroxylation is 2. The molecule has 0 radical (unpaired) electrons. The Morgan fingerprint density at radius 2 is 2.20 bits per heavy atom. The maximum Gasteiger partial charge on any atom is 0.115 e. The minimum atomic E-state index is 0.124. The summed E-state index contributed by atoms with van der Waals surface area (Å²) in [6, 6.07) is 8.20. The number of hydrogen-bond acceptors (Lipinski definition) is 3. The number of fused-ring (bicyclic) bond motifs is 1. The average molecular weight is 307 g/mol. The van der Waals surface area contributed by atoms with Gasteiger partial charge in [-0.15, -0.1) is 11.3 Å². The molecule has 4 heteroatoms. The van der Waals surface area contributed by atoms with Gasteiger partial charge < -0.3 is 5.32 Å². The standard InChI is InChI=1S/C16H19ClN2S/c1-2-10-18-15(11-6-3-4-7-12(11)17)16-19-13-8-5-9-14(13)20-16/h3-4,6-7,15,18H,2,5,8-10H2,1H3. The van der Waals surface area contributed by atoms with Crippen LogP contribution in [0.3, 0.4) is 0 Å². The Hall–Kier alpha value is -0.900. The largest absolute Gasteiger partial charge is 0.304 e. The summed E-state index contributed by atoms with van der Waals surface area (Å²) in [5.74, 6) is 0. The van der Waals surface area contributed by atoms with Crippen molar-refractivity contribution in [3.63, 3.8) is 0 Å². The summed E-state index contributed by atoms with van der Waals surface area (Å²) in [6.45, 7) is 3.15. The van der Waals surface area contributed by atoms with Crippen molar-refractivity contribution in [3.05, 3.63) is 50.4 Å². The molecule has 0 spiro atoms. The van der Waals surface area contributed by atoms with Crippen molar-refractivity contribution < 1.29 is 0 Å². The highest BCUT2D eigenvalue weighted by Gasteiger charge is 2.24. The van der Waals surface area contributed by atoms with Crippen molar-refractivity contribution in [2.45, 2.75) is 38.6 Å². The van der Waals surface area contributed by atoms with Crippen LogP contribution in [-0.4, -0.2) is 11.5 Å². The van der Waals surface area contributed by atoms with E-state index in [1.807, 2.05) is 29.5 Å². The summed E-state index contributed by atoms with van der Waals surface area (Å²) >= 11 is 8.23. The summed E-state index contributed by atoms with van der Waals surface area (Å²) in [6.07, 6.45) is 4.69. The Morgan fingerprint density at radius 3 is 2.95 bits per heavy atom. The Morgan fingerprint density at radius 1 is 1.35 bits per heavy atom. The average Bonchev–Trinajstić information content (AvgIpc) is 3.02. The van der Waals surface area contributed by atoms with Gasteiger partial charge in [-0.3, -0.25) is 0 Å². The molecule has 0 saturated carbocycles. The zero-order valence-corrected chi connectivity index (χ0v) is 13.2. The molecule has 2 aromatic rings. The molecule has 0 aliphatic heterocycles. The minimum absolute atomic E-state index is 0.124. The maximum absolute atomic E-state index is 6.38. The lowest BCUT2D eigenvalue weighted by atomic mass is 10.1. The molecule has 106 valence electrons. The minimum Gasteiger partial charge on any atom is -0.304 e. The molecule has 0 bridgehead atoms. The van der Waals surface area contributed by atoms with Crippen LogP contribution in [0, 0.1) is 0 Å². The number of rotatable bonds is 5. The summed E-state index contributed by atoms with van der Waals surface area (Å²) in [5, 5.41) is 5.57. The van der Waals surface area contributed by atoms with E-state index in [2.05, 4.69) is 18.3 Å². The zero-order chi connectivity index (χ0) is 13.9. The topological polar surface area (TPSA) is 24.9 Å². The van der Waals surface area contributed by atoms with Gasteiger partial charge in [-0.25, -0.2) is 4.98 Å². The van der Waals surface area contributed by atoms with Crippen LogP contribution in [0.5, 0.6) is 0 Å². The molecule has 0 amide bonds. The molecule has 3 rings (SSSR count). The number of halogens is 1. The molecule has 1 N–H and O–H groups in total. The fourth-order valence-electron chi connectivity index (χ4n) is 2.66. The molecule has 0 fully saturated rings. The highest BCUT2D eigenvalue weighted by atomic mass is 35.5. The van der Waals surface area contributed by atoms with E-state index in [9.17, 15) is 0 Å². The van der Waals surface area contributed by atoms with Crippen LogP contribution >= 0.6 is 22.9 Å². The van der Waals surface area contributed by atoms with Crippen molar-refractivity contribution in [2.75, 3.05) is 6.54 Å². The van der Waals surface area contributed by atoms with Crippen molar-refractivity contribution in [1.82, 2.24) is 10.3 Å². The van der Waals surface area contributed by atoms with E-state index in [1.165, 1.54) is 23.4 Å². The van der Waals surface area contributed by atoms with Gasteiger partial charge in [-0.1, -0.05) is 36.7 Å². The smallest absolute Gasteiger partial charge is 0.115 e. The predicted octanol–water partition coefficient (Wildman–Crippen LogP) is 4.37.